The van der Waals surface area contributed by atoms with Gasteiger partial charge in [0, 0.05) is 10.6 Å². The number of anilines is 1. The maximum atomic E-state index is 12.6. The van der Waals surface area contributed by atoms with E-state index in [1.54, 1.807) is 6.92 Å². The van der Waals surface area contributed by atoms with Gasteiger partial charge in [-0.3, -0.25) is 4.79 Å². The van der Waals surface area contributed by atoms with Crippen molar-refractivity contribution in [2.75, 3.05) is 5.32 Å². The number of hydrogen-bond acceptors (Lipinski definition) is 3. The molecule has 0 aliphatic heterocycles. The van der Waals surface area contributed by atoms with Crippen LogP contribution in [-0.2, 0) is 17.3 Å². The molecule has 0 saturated heterocycles. The molecule has 4 nitrogen and oxygen atoms in total. The monoisotopic (exact) mass is 349 g/mol. The second-order valence-corrected chi connectivity index (χ2v) is 6.77. The highest BCUT2D eigenvalue weighted by molar-refractivity contribution is 7.81. The van der Waals surface area contributed by atoms with Crippen LogP contribution >= 0.6 is 11.3 Å². The SMILES string of the molecule is Cc1sc(S(=O)O)cc1C(=O)Nc1cccc(C(F)(F)F)c1. The van der Waals surface area contributed by atoms with E-state index >= 15 is 0 Å². The van der Waals surface area contributed by atoms with Crippen molar-refractivity contribution >= 4 is 34.0 Å². The Hall–Kier alpha value is -1.71. The van der Waals surface area contributed by atoms with Crippen LogP contribution in [-0.4, -0.2) is 14.7 Å². The number of thiophene rings is 1. The molecule has 0 radical (unpaired) electrons. The number of carbonyl (C=O) groups is 1. The molecule has 1 atom stereocenters. The summed E-state index contributed by atoms with van der Waals surface area (Å²) in [5, 5.41) is 2.35. The van der Waals surface area contributed by atoms with Crippen molar-refractivity contribution in [3.05, 3.63) is 46.3 Å². The summed E-state index contributed by atoms with van der Waals surface area (Å²) in [7, 11) is 0. The topological polar surface area (TPSA) is 66.4 Å². The first-order valence-corrected chi connectivity index (χ1v) is 7.80. The number of benzene rings is 1. The number of halogens is 3. The molecule has 9 heteroatoms. The van der Waals surface area contributed by atoms with Gasteiger partial charge < -0.3 is 9.87 Å². The molecular formula is C13H10F3NO3S2. The zero-order chi connectivity index (χ0) is 16.5. The van der Waals surface area contributed by atoms with Crippen LogP contribution in [0, 0.1) is 6.92 Å². The lowest BCUT2D eigenvalue weighted by atomic mass is 10.2. The predicted molar refractivity (Wildman–Crippen MR) is 77.5 cm³/mol. The first-order valence-electron chi connectivity index (χ1n) is 5.88. The number of nitrogens with one attached hydrogen (secondary N) is 1. The van der Waals surface area contributed by atoms with Gasteiger partial charge in [-0.2, -0.15) is 13.2 Å². The molecule has 1 aromatic carbocycles. The molecule has 22 heavy (non-hydrogen) atoms. The molecule has 1 heterocycles. The highest BCUT2D eigenvalue weighted by Gasteiger charge is 2.30. The maximum Gasteiger partial charge on any atom is 0.416 e. The molecule has 0 saturated carbocycles. The van der Waals surface area contributed by atoms with Crippen molar-refractivity contribution in [3.63, 3.8) is 0 Å². The van der Waals surface area contributed by atoms with E-state index in [1.807, 2.05) is 0 Å². The molecule has 2 aromatic rings. The van der Waals surface area contributed by atoms with Gasteiger partial charge in [-0.15, -0.1) is 11.3 Å². The van der Waals surface area contributed by atoms with Gasteiger partial charge in [-0.05, 0) is 31.2 Å². The van der Waals surface area contributed by atoms with E-state index in [-0.39, 0.29) is 15.5 Å². The third kappa shape index (κ3) is 3.73. The summed E-state index contributed by atoms with van der Waals surface area (Å²) in [6.07, 6.45) is -4.50. The third-order valence-electron chi connectivity index (χ3n) is 2.76. The molecular weight excluding hydrogens is 339 g/mol. The van der Waals surface area contributed by atoms with Gasteiger partial charge in [0.05, 0.1) is 11.1 Å². The predicted octanol–water partition coefficient (Wildman–Crippen LogP) is 3.91. The van der Waals surface area contributed by atoms with Crippen LogP contribution in [0.1, 0.15) is 20.8 Å². The Labute approximate surface area is 130 Å². The number of rotatable bonds is 3. The largest absolute Gasteiger partial charge is 0.416 e. The zero-order valence-corrected chi connectivity index (χ0v) is 12.7. The van der Waals surface area contributed by atoms with Crippen LogP contribution in [0.15, 0.2) is 34.5 Å². The zero-order valence-electron chi connectivity index (χ0n) is 11.1. The van der Waals surface area contributed by atoms with Crippen LogP contribution < -0.4 is 5.32 Å². The Kier molecular flexibility index (Phi) is 4.69. The average Bonchev–Trinajstić information content (AvgIpc) is 2.80. The standard InChI is InChI=1S/C13H10F3NO3S2/c1-7-10(6-11(21-7)22(19)20)12(18)17-9-4-2-3-8(5-9)13(14,15)16/h2-6H,1H3,(H,17,18)(H,19,20). The van der Waals surface area contributed by atoms with Gasteiger partial charge in [0.1, 0.15) is 4.21 Å². The van der Waals surface area contributed by atoms with E-state index in [2.05, 4.69) is 5.32 Å². The highest BCUT2D eigenvalue weighted by Crippen LogP contribution is 2.31. The normalized spacial score (nSPS) is 13.0. The minimum atomic E-state index is -4.50. The summed E-state index contributed by atoms with van der Waals surface area (Å²) in [5.74, 6) is -0.634. The first-order chi connectivity index (χ1) is 10.2. The van der Waals surface area contributed by atoms with Crippen LogP contribution in [0.25, 0.3) is 0 Å². The van der Waals surface area contributed by atoms with Crippen molar-refractivity contribution in [2.24, 2.45) is 0 Å². The molecule has 1 unspecified atom stereocenters. The Balaban J connectivity index is 2.24. The Bertz CT molecular complexity index is 740. The van der Waals surface area contributed by atoms with Crippen molar-refractivity contribution in [3.8, 4) is 0 Å². The van der Waals surface area contributed by atoms with Crippen molar-refractivity contribution in [1.29, 1.82) is 0 Å². The summed E-state index contributed by atoms with van der Waals surface area (Å²) in [5.41, 5.74) is -0.721. The summed E-state index contributed by atoms with van der Waals surface area (Å²) in [4.78, 5) is 12.6. The minimum absolute atomic E-state index is 0.00269. The van der Waals surface area contributed by atoms with E-state index in [9.17, 15) is 22.2 Å². The molecule has 1 amide bonds. The molecule has 118 valence electrons. The molecule has 2 rings (SSSR count). The molecule has 0 aliphatic rings. The molecule has 2 N–H and O–H groups in total. The number of carbonyl (C=O) groups excluding carboxylic acids is 1. The van der Waals surface area contributed by atoms with Gasteiger partial charge in [0.25, 0.3) is 5.91 Å². The highest BCUT2D eigenvalue weighted by atomic mass is 32.2. The first kappa shape index (κ1) is 16.7. The van der Waals surface area contributed by atoms with Gasteiger partial charge >= 0.3 is 6.18 Å². The van der Waals surface area contributed by atoms with E-state index in [0.29, 0.717) is 4.88 Å². The van der Waals surface area contributed by atoms with Crippen LogP contribution in [0.4, 0.5) is 18.9 Å². The summed E-state index contributed by atoms with van der Waals surface area (Å²) >= 11 is -1.23. The van der Waals surface area contributed by atoms with E-state index in [4.69, 9.17) is 4.55 Å². The minimum Gasteiger partial charge on any atom is -0.322 e. The average molecular weight is 349 g/mol. The number of aryl methyl sites for hydroxylation is 1. The van der Waals surface area contributed by atoms with Crippen LogP contribution in [0.5, 0.6) is 0 Å². The summed E-state index contributed by atoms with van der Waals surface area (Å²) < 4.78 is 57.9. The molecule has 0 spiro atoms. The second kappa shape index (κ2) is 6.19. The number of alkyl halides is 3. The van der Waals surface area contributed by atoms with E-state index < -0.39 is 28.7 Å². The van der Waals surface area contributed by atoms with Gasteiger partial charge in [-0.25, -0.2) is 4.21 Å². The fourth-order valence-electron chi connectivity index (χ4n) is 1.74. The Morgan fingerprint density at radius 2 is 2.00 bits per heavy atom. The van der Waals surface area contributed by atoms with Crippen LogP contribution in [0.2, 0.25) is 0 Å². The quantitative estimate of drug-likeness (QED) is 0.826. The van der Waals surface area contributed by atoms with E-state index in [1.165, 1.54) is 18.2 Å². The smallest absolute Gasteiger partial charge is 0.322 e. The fraction of sp³-hybridized carbons (Fsp3) is 0.154. The van der Waals surface area contributed by atoms with E-state index in [0.717, 1.165) is 23.5 Å². The van der Waals surface area contributed by atoms with Gasteiger partial charge in [0.15, 0.2) is 11.1 Å². The molecule has 0 aliphatic carbocycles. The van der Waals surface area contributed by atoms with Crippen molar-refractivity contribution < 1.29 is 26.7 Å². The molecule has 0 fully saturated rings. The lowest BCUT2D eigenvalue weighted by Crippen LogP contribution is -2.13. The molecule has 0 bridgehead atoms. The second-order valence-electron chi connectivity index (χ2n) is 4.32. The summed E-state index contributed by atoms with van der Waals surface area (Å²) in [6, 6.07) is 5.50. The van der Waals surface area contributed by atoms with Crippen LogP contribution in [0.3, 0.4) is 0 Å². The maximum absolute atomic E-state index is 12.6. The third-order valence-corrected chi connectivity index (χ3v) is 4.74. The molecule has 1 aromatic heterocycles. The lowest BCUT2D eigenvalue weighted by Gasteiger charge is -2.09. The van der Waals surface area contributed by atoms with Crippen molar-refractivity contribution in [1.82, 2.24) is 0 Å². The van der Waals surface area contributed by atoms with Crippen molar-refractivity contribution in [2.45, 2.75) is 17.3 Å². The number of hydrogen-bond donors (Lipinski definition) is 2. The number of amides is 1. The Morgan fingerprint density at radius 3 is 2.55 bits per heavy atom. The Morgan fingerprint density at radius 1 is 1.32 bits per heavy atom. The van der Waals surface area contributed by atoms with Gasteiger partial charge in [0.2, 0.25) is 0 Å². The lowest BCUT2D eigenvalue weighted by molar-refractivity contribution is -0.137. The fourth-order valence-corrected chi connectivity index (χ4v) is 3.36. The van der Waals surface area contributed by atoms with Gasteiger partial charge in [-0.1, -0.05) is 6.07 Å². The summed E-state index contributed by atoms with van der Waals surface area (Å²) in [6.45, 7) is 1.59.